The van der Waals surface area contributed by atoms with Crippen molar-refractivity contribution in [2.75, 3.05) is 6.54 Å². The molecule has 6 nitrogen and oxygen atoms in total. The first kappa shape index (κ1) is 18.6. The number of nitrogens with two attached hydrogens (primary N) is 1. The zero-order valence-electron chi connectivity index (χ0n) is 12.2. The highest BCUT2D eigenvalue weighted by atomic mass is 35.5. The number of nitrogens with zero attached hydrogens (tertiary/aromatic N) is 2. The third-order valence-corrected chi connectivity index (χ3v) is 4.04. The lowest BCUT2D eigenvalue weighted by Crippen LogP contribution is -2.44. The zero-order valence-corrected chi connectivity index (χ0v) is 13.8. The van der Waals surface area contributed by atoms with Crippen LogP contribution in [-0.4, -0.2) is 30.3 Å². The fraction of sp³-hybridized carbons (Fsp3) is 0.308. The molecule has 0 bridgehead atoms. The normalized spacial score (nSPS) is 12.0. The molecule has 0 unspecified atom stereocenters. The predicted molar refractivity (Wildman–Crippen MR) is 84.2 cm³/mol. The van der Waals surface area contributed by atoms with Crippen LogP contribution in [0.25, 0.3) is 5.69 Å². The van der Waals surface area contributed by atoms with Gasteiger partial charge in [-0.05, 0) is 26.0 Å². The first-order valence-electron chi connectivity index (χ1n) is 6.27. The molecule has 0 atom stereocenters. The Morgan fingerprint density at radius 2 is 2.00 bits per heavy atom. The van der Waals surface area contributed by atoms with Crippen molar-refractivity contribution in [3.05, 3.63) is 42.5 Å². The Balaban J connectivity index is 0.00000242. The van der Waals surface area contributed by atoms with Gasteiger partial charge in [-0.1, -0.05) is 12.1 Å². The molecule has 1 heterocycles. The summed E-state index contributed by atoms with van der Waals surface area (Å²) in [5, 5.41) is 3.88. The minimum absolute atomic E-state index is 0. The Morgan fingerprint density at radius 1 is 1.36 bits per heavy atom. The highest BCUT2D eigenvalue weighted by Gasteiger charge is 2.20. The molecule has 22 heavy (non-hydrogen) atoms. The van der Waals surface area contributed by atoms with E-state index in [2.05, 4.69) is 9.82 Å². The van der Waals surface area contributed by atoms with Crippen molar-refractivity contribution >= 4 is 22.4 Å². The summed E-state index contributed by atoms with van der Waals surface area (Å²) >= 11 is 0. The van der Waals surface area contributed by atoms with E-state index >= 15 is 0 Å². The van der Waals surface area contributed by atoms with E-state index in [0.29, 0.717) is 0 Å². The van der Waals surface area contributed by atoms with Gasteiger partial charge in [0.05, 0.1) is 12.4 Å². The molecule has 1 aromatic heterocycles. The summed E-state index contributed by atoms with van der Waals surface area (Å²) in [5.74, 6) is -0.486. The molecule has 0 saturated heterocycles. The third kappa shape index (κ3) is 4.51. The second-order valence-corrected chi connectivity index (χ2v) is 7.15. The fourth-order valence-corrected chi connectivity index (χ4v) is 2.73. The van der Waals surface area contributed by atoms with E-state index in [1.54, 1.807) is 26.0 Å². The first-order chi connectivity index (χ1) is 9.69. The molecule has 3 N–H and O–H groups in total. The lowest BCUT2D eigenvalue weighted by molar-refractivity contribution is 0.498. The van der Waals surface area contributed by atoms with Gasteiger partial charge in [0.15, 0.2) is 0 Å². The van der Waals surface area contributed by atoms with Crippen LogP contribution in [0.3, 0.4) is 0 Å². The minimum Gasteiger partial charge on any atom is -0.324 e. The maximum absolute atomic E-state index is 13.6. The number of halogens is 2. The van der Waals surface area contributed by atoms with Gasteiger partial charge < -0.3 is 5.73 Å². The Labute approximate surface area is 135 Å². The lowest BCUT2D eigenvalue weighted by atomic mass is 10.1. The fourth-order valence-electron chi connectivity index (χ4n) is 1.58. The van der Waals surface area contributed by atoms with Crippen LogP contribution < -0.4 is 10.5 Å². The lowest BCUT2D eigenvalue weighted by Gasteiger charge is -2.18. The summed E-state index contributed by atoms with van der Waals surface area (Å²) in [6.45, 7) is 3.50. The van der Waals surface area contributed by atoms with E-state index in [0.717, 1.165) is 6.20 Å². The first-order valence-corrected chi connectivity index (χ1v) is 7.75. The van der Waals surface area contributed by atoms with Crippen LogP contribution in [0.1, 0.15) is 13.8 Å². The van der Waals surface area contributed by atoms with Gasteiger partial charge in [0, 0.05) is 12.1 Å². The summed E-state index contributed by atoms with van der Waals surface area (Å²) < 4.78 is 41.4. The second kappa shape index (κ2) is 6.74. The minimum atomic E-state index is -3.73. The van der Waals surface area contributed by atoms with Crippen molar-refractivity contribution in [1.82, 2.24) is 14.5 Å². The van der Waals surface area contributed by atoms with Crippen molar-refractivity contribution in [2.45, 2.75) is 24.3 Å². The van der Waals surface area contributed by atoms with Crippen LogP contribution in [0.15, 0.2) is 41.6 Å². The molecular weight excluding hydrogens is 331 g/mol. The van der Waals surface area contributed by atoms with Gasteiger partial charge in [-0.15, -0.1) is 12.4 Å². The van der Waals surface area contributed by atoms with Gasteiger partial charge in [0.25, 0.3) is 0 Å². The zero-order chi connectivity index (χ0) is 15.7. The second-order valence-electron chi connectivity index (χ2n) is 5.39. The van der Waals surface area contributed by atoms with Gasteiger partial charge in [-0.25, -0.2) is 22.2 Å². The molecule has 0 aliphatic carbocycles. The summed E-state index contributed by atoms with van der Waals surface area (Å²) in [6.07, 6.45) is 2.42. The van der Waals surface area contributed by atoms with E-state index in [1.165, 1.54) is 23.0 Å². The highest BCUT2D eigenvalue weighted by Crippen LogP contribution is 2.15. The van der Waals surface area contributed by atoms with Gasteiger partial charge >= 0.3 is 0 Å². The molecule has 1 aromatic carbocycles. The maximum Gasteiger partial charge on any atom is 0.243 e. The van der Waals surface area contributed by atoms with Crippen molar-refractivity contribution in [3.8, 4) is 5.69 Å². The summed E-state index contributed by atoms with van der Waals surface area (Å²) in [7, 11) is -3.73. The summed E-state index contributed by atoms with van der Waals surface area (Å²) in [5.41, 5.74) is 5.25. The van der Waals surface area contributed by atoms with Crippen molar-refractivity contribution in [1.29, 1.82) is 0 Å². The van der Waals surface area contributed by atoms with Crippen LogP contribution in [0.2, 0.25) is 0 Å². The Kier molecular flexibility index (Phi) is 5.69. The summed E-state index contributed by atoms with van der Waals surface area (Å²) in [6, 6.07) is 5.98. The molecule has 122 valence electrons. The monoisotopic (exact) mass is 348 g/mol. The average Bonchev–Trinajstić information content (AvgIpc) is 2.86. The summed E-state index contributed by atoms with van der Waals surface area (Å²) in [4.78, 5) is -0.0463. The SMILES string of the molecule is CC(C)(N)CNS(=O)(=O)c1cnn(-c2ccccc2F)c1.Cl. The Morgan fingerprint density at radius 3 is 2.59 bits per heavy atom. The van der Waals surface area contributed by atoms with E-state index in [1.807, 2.05) is 0 Å². The van der Waals surface area contributed by atoms with Crippen LogP contribution in [0, 0.1) is 5.82 Å². The van der Waals surface area contributed by atoms with E-state index < -0.39 is 21.4 Å². The quantitative estimate of drug-likeness (QED) is 0.855. The molecule has 9 heteroatoms. The molecule has 2 aromatic rings. The van der Waals surface area contributed by atoms with Gasteiger partial charge in [-0.3, -0.25) is 0 Å². The molecular formula is C13H18ClFN4O2S. The molecule has 0 aliphatic heterocycles. The van der Waals surface area contributed by atoms with Crippen LogP contribution >= 0.6 is 12.4 Å². The van der Waals surface area contributed by atoms with Crippen molar-refractivity contribution in [3.63, 3.8) is 0 Å². The molecule has 0 radical (unpaired) electrons. The van der Waals surface area contributed by atoms with Crippen LogP contribution in [0.5, 0.6) is 0 Å². The number of hydrogen-bond acceptors (Lipinski definition) is 4. The predicted octanol–water partition coefficient (Wildman–Crippen LogP) is 1.45. The number of hydrogen-bond donors (Lipinski definition) is 2. The smallest absolute Gasteiger partial charge is 0.243 e. The van der Waals surface area contributed by atoms with E-state index in [9.17, 15) is 12.8 Å². The highest BCUT2D eigenvalue weighted by molar-refractivity contribution is 7.89. The molecule has 0 aliphatic rings. The molecule has 0 fully saturated rings. The molecule has 0 amide bonds. The van der Waals surface area contributed by atoms with Crippen molar-refractivity contribution < 1.29 is 12.8 Å². The molecule has 2 rings (SSSR count). The Bertz CT molecular complexity index is 740. The van der Waals surface area contributed by atoms with E-state index in [4.69, 9.17) is 5.73 Å². The topological polar surface area (TPSA) is 90.0 Å². The number of benzene rings is 1. The van der Waals surface area contributed by atoms with Crippen LogP contribution in [-0.2, 0) is 10.0 Å². The standard InChI is InChI=1S/C13H17FN4O2S.ClH/c1-13(2,15)9-17-21(19,20)10-7-16-18(8-10)12-6-4-3-5-11(12)14;/h3-8,17H,9,15H2,1-2H3;1H. The Hall–Kier alpha value is -1.48. The number of rotatable bonds is 5. The average molecular weight is 349 g/mol. The van der Waals surface area contributed by atoms with Crippen molar-refractivity contribution in [2.24, 2.45) is 5.73 Å². The van der Waals surface area contributed by atoms with E-state index in [-0.39, 0.29) is 29.5 Å². The van der Waals surface area contributed by atoms with Gasteiger partial charge in [0.2, 0.25) is 10.0 Å². The third-order valence-electron chi connectivity index (χ3n) is 2.69. The molecule has 0 spiro atoms. The number of para-hydroxylation sites is 1. The maximum atomic E-state index is 13.6. The number of nitrogens with one attached hydrogen (secondary N) is 1. The largest absolute Gasteiger partial charge is 0.324 e. The molecule has 0 saturated carbocycles. The van der Waals surface area contributed by atoms with Crippen LogP contribution in [0.4, 0.5) is 4.39 Å². The number of aromatic nitrogens is 2. The number of sulfonamides is 1. The van der Waals surface area contributed by atoms with Gasteiger partial charge in [0.1, 0.15) is 16.4 Å². The van der Waals surface area contributed by atoms with Gasteiger partial charge in [-0.2, -0.15) is 5.10 Å².